The normalized spacial score (nSPS) is 12.9. The Bertz CT molecular complexity index is 2650. The molecular formula is C47H41FGeIrN2O-2. The maximum Gasteiger partial charge on any atom is 0 e. The molecule has 0 aliphatic carbocycles. The van der Waals surface area contributed by atoms with Crippen LogP contribution < -0.4 is 4.40 Å². The predicted octanol–water partition coefficient (Wildman–Crippen LogP) is 12.4. The molecule has 0 saturated carbocycles. The summed E-state index contributed by atoms with van der Waals surface area (Å²) < 4.78 is 52.4. The van der Waals surface area contributed by atoms with E-state index in [-0.39, 0.29) is 25.9 Å². The van der Waals surface area contributed by atoms with Crippen LogP contribution in [0.1, 0.15) is 36.4 Å². The standard InChI is InChI=1S/C26H19FNO.C21H22GeN.Ir/c1-16(2)18-11-12-28-24(14-18)20-5-9-22-23-13-19(17-3-7-21(27)8-4-17)6-10-25(23)29-26(22)15-20;1-16-10-11-18(14-20(16)17-8-6-5-7-9-17)21-13-12-19(15-23-21)22(2,3)4;/h3-14,16H,1-2H3;5-10,12-15H,1-4H3;/q2*-1;/i16D;1D3;. The molecule has 0 bridgehead atoms. The fourth-order valence-electron chi connectivity index (χ4n) is 6.06. The van der Waals surface area contributed by atoms with Crippen molar-refractivity contribution >= 4 is 39.6 Å². The average molecular weight is 938 g/mol. The van der Waals surface area contributed by atoms with Crippen molar-refractivity contribution in [3.05, 3.63) is 163 Å². The van der Waals surface area contributed by atoms with Crippen LogP contribution in [0.25, 0.3) is 66.7 Å². The first-order chi connectivity index (χ1) is 26.5. The van der Waals surface area contributed by atoms with Crippen molar-refractivity contribution in [1.29, 1.82) is 0 Å². The van der Waals surface area contributed by atoms with Crippen LogP contribution in [0.3, 0.4) is 0 Å². The topological polar surface area (TPSA) is 38.9 Å². The first kappa shape index (κ1) is 32.9. The molecule has 0 unspecified atom stereocenters. The van der Waals surface area contributed by atoms with Gasteiger partial charge < -0.3 is 9.40 Å². The maximum atomic E-state index is 13.2. The molecule has 0 aliphatic rings. The number of rotatable bonds is 6. The maximum absolute atomic E-state index is 13.2. The van der Waals surface area contributed by atoms with E-state index in [9.17, 15) is 4.39 Å². The van der Waals surface area contributed by atoms with E-state index in [0.29, 0.717) is 16.7 Å². The minimum atomic E-state index is -2.18. The van der Waals surface area contributed by atoms with Gasteiger partial charge in [0.1, 0.15) is 11.4 Å². The van der Waals surface area contributed by atoms with Gasteiger partial charge in [-0.15, -0.1) is 17.7 Å². The third kappa shape index (κ3) is 8.60. The van der Waals surface area contributed by atoms with Crippen molar-refractivity contribution in [2.45, 2.75) is 43.9 Å². The second-order valence-corrected chi connectivity index (χ2v) is 24.7. The van der Waals surface area contributed by atoms with Crippen LogP contribution in [-0.4, -0.2) is 23.2 Å². The minimum absolute atomic E-state index is 0. The number of fused-ring (bicyclic) bond motifs is 3. The molecule has 3 aromatic heterocycles. The van der Waals surface area contributed by atoms with Gasteiger partial charge in [-0.1, -0.05) is 61.2 Å². The average Bonchev–Trinajstić information content (AvgIpc) is 3.55. The van der Waals surface area contributed by atoms with E-state index < -0.39 is 26.0 Å². The van der Waals surface area contributed by atoms with Crippen LogP contribution in [0.2, 0.25) is 17.3 Å². The monoisotopic (exact) mass is 939 g/mol. The zero-order valence-electron chi connectivity index (χ0n) is 34.2. The number of hydrogen-bond donors (Lipinski definition) is 0. The van der Waals surface area contributed by atoms with E-state index in [4.69, 9.17) is 9.90 Å². The first-order valence-corrected chi connectivity index (χ1v) is 24.6. The molecular weight excluding hydrogens is 892 g/mol. The number of nitrogens with zero attached hydrogens (tertiary/aromatic N) is 2. The van der Waals surface area contributed by atoms with Crippen molar-refractivity contribution in [1.82, 2.24) is 9.97 Å². The number of aromatic nitrogens is 2. The molecule has 0 amide bonds. The summed E-state index contributed by atoms with van der Waals surface area (Å²) in [5.74, 6) is 6.06. The fourth-order valence-corrected chi connectivity index (χ4v) is 8.23. The summed E-state index contributed by atoms with van der Waals surface area (Å²) in [7, 11) is 0. The Balaban J connectivity index is 0.000000192. The smallest absolute Gasteiger partial charge is 0 e. The zero-order chi connectivity index (χ0) is 39.8. The van der Waals surface area contributed by atoms with Crippen molar-refractivity contribution in [2.24, 2.45) is 0 Å². The Morgan fingerprint density at radius 1 is 0.755 bits per heavy atom. The number of aryl methyl sites for hydroxylation is 1. The molecule has 0 N–H and O–H groups in total. The third-order valence-electron chi connectivity index (χ3n) is 9.12. The Morgan fingerprint density at radius 3 is 2.23 bits per heavy atom. The largest absolute Gasteiger partial charge is 0 e. The second kappa shape index (κ2) is 16.1. The minimum Gasteiger partial charge on any atom is 0 e. The SMILES string of the molecule is [2H]C(C)(C)c1ccnc(-c2[c-]c3oc4ccc(-c5ccc(F)cc5)cc4c3cc2)c1.[2H]C([2H])([2H])c1c[c-]c(-c2cc[c]([Ge]([CH3])([CH3])[CH3])cn2)cc1-c1ccccc1.[Ir]. The number of hydrogen-bond acceptors (Lipinski definition) is 3. The van der Waals surface area contributed by atoms with Gasteiger partial charge in [0.2, 0.25) is 0 Å². The number of benzene rings is 5. The van der Waals surface area contributed by atoms with Gasteiger partial charge in [-0.2, -0.15) is 0 Å². The summed E-state index contributed by atoms with van der Waals surface area (Å²) in [6.07, 6.45) is 3.69. The predicted molar refractivity (Wildman–Crippen MR) is 217 cm³/mol. The molecule has 6 heteroatoms. The van der Waals surface area contributed by atoms with Crippen molar-refractivity contribution < 1.29 is 34.4 Å². The van der Waals surface area contributed by atoms with E-state index in [1.807, 2.05) is 98.9 Å². The van der Waals surface area contributed by atoms with Crippen LogP contribution >= 0.6 is 0 Å². The Hall–Kier alpha value is -4.68. The van der Waals surface area contributed by atoms with E-state index >= 15 is 0 Å². The van der Waals surface area contributed by atoms with Gasteiger partial charge in [0.05, 0.1) is 5.58 Å². The van der Waals surface area contributed by atoms with Crippen LogP contribution in [-0.2, 0) is 20.1 Å². The number of halogens is 1. The number of pyridine rings is 2. The van der Waals surface area contributed by atoms with Crippen LogP contribution in [0.5, 0.6) is 0 Å². The molecule has 8 aromatic rings. The summed E-state index contributed by atoms with van der Waals surface area (Å²) in [6, 6.07) is 43.9. The molecule has 3 heterocycles. The van der Waals surface area contributed by atoms with Crippen molar-refractivity contribution in [3.63, 3.8) is 0 Å². The van der Waals surface area contributed by atoms with Crippen LogP contribution in [0.15, 0.2) is 138 Å². The van der Waals surface area contributed by atoms with Crippen LogP contribution in [0.4, 0.5) is 4.39 Å². The van der Waals surface area contributed by atoms with Gasteiger partial charge >= 0.3 is 146 Å². The summed E-state index contributed by atoms with van der Waals surface area (Å²) in [5, 5.41) is 1.96. The van der Waals surface area contributed by atoms with Crippen molar-refractivity contribution in [2.75, 3.05) is 0 Å². The summed E-state index contributed by atoms with van der Waals surface area (Å²) in [6.45, 7) is 1.53. The quantitative estimate of drug-likeness (QED) is 0.123. The van der Waals surface area contributed by atoms with Crippen LogP contribution in [0, 0.1) is 24.8 Å². The molecule has 8 rings (SSSR count). The molecule has 53 heavy (non-hydrogen) atoms. The van der Waals surface area contributed by atoms with Crippen molar-refractivity contribution in [3.8, 4) is 44.8 Å². The molecule has 5 aromatic carbocycles. The summed E-state index contributed by atoms with van der Waals surface area (Å²) >= 11 is -1.91. The van der Waals surface area contributed by atoms with Gasteiger partial charge in [-0.25, -0.2) is 4.39 Å². The zero-order valence-corrected chi connectivity index (χ0v) is 34.7. The fraction of sp³-hybridized carbons (Fsp3) is 0.149. The van der Waals surface area contributed by atoms with Gasteiger partial charge in [0.25, 0.3) is 0 Å². The van der Waals surface area contributed by atoms with Gasteiger partial charge in [0, 0.05) is 27.7 Å². The summed E-state index contributed by atoms with van der Waals surface area (Å²) in [4.78, 5) is 9.07. The molecule has 0 aliphatic heterocycles. The molecule has 0 fully saturated rings. The first-order valence-electron chi connectivity index (χ1n) is 19.2. The molecule has 267 valence electrons. The van der Waals surface area contributed by atoms with E-state index in [1.165, 1.54) is 16.5 Å². The molecule has 0 saturated heterocycles. The van der Waals surface area contributed by atoms with E-state index in [2.05, 4.69) is 51.5 Å². The van der Waals surface area contributed by atoms with E-state index in [0.717, 1.165) is 61.1 Å². The number of furan rings is 1. The Labute approximate surface area is 333 Å². The molecule has 0 spiro atoms. The summed E-state index contributed by atoms with van der Waals surface area (Å²) in [5.41, 5.74) is 9.41. The van der Waals surface area contributed by atoms with Gasteiger partial charge in [0.15, 0.2) is 0 Å². The second-order valence-electron chi connectivity index (χ2n) is 14.1. The molecule has 1 radical (unpaired) electrons. The Kier molecular flexibility index (Phi) is 10.0. The molecule has 0 atom stereocenters. The Morgan fingerprint density at radius 2 is 1.53 bits per heavy atom. The van der Waals surface area contributed by atoms with Gasteiger partial charge in [-0.3, -0.25) is 0 Å². The van der Waals surface area contributed by atoms with Gasteiger partial charge in [-0.05, 0) is 52.4 Å². The van der Waals surface area contributed by atoms with E-state index in [1.54, 1.807) is 24.4 Å². The molecule has 3 nitrogen and oxygen atoms in total. The third-order valence-corrected chi connectivity index (χ3v) is 13.4.